The lowest BCUT2D eigenvalue weighted by molar-refractivity contribution is 0.344. The fourth-order valence-electron chi connectivity index (χ4n) is 1.97. The summed E-state index contributed by atoms with van der Waals surface area (Å²) in [5.74, 6) is 2.29. The van der Waals surface area contributed by atoms with Gasteiger partial charge in [-0.3, -0.25) is 0 Å². The van der Waals surface area contributed by atoms with E-state index in [0.717, 1.165) is 22.8 Å². The second kappa shape index (κ2) is 8.76. The van der Waals surface area contributed by atoms with Crippen LogP contribution in [0.5, 0.6) is 5.75 Å². The summed E-state index contributed by atoms with van der Waals surface area (Å²) in [6.07, 6.45) is 0. The van der Waals surface area contributed by atoms with Crippen molar-refractivity contribution in [3.8, 4) is 5.75 Å². The van der Waals surface area contributed by atoms with Gasteiger partial charge in [-0.15, -0.1) is 0 Å². The van der Waals surface area contributed by atoms with E-state index < -0.39 is 10.0 Å². The Morgan fingerprint density at radius 2 is 1.88 bits per heavy atom. The highest BCUT2D eigenvalue weighted by Gasteiger charge is 2.16. The number of sulfonamides is 1. The average Bonchev–Trinajstić information content (AvgIpc) is 2.55. The zero-order chi connectivity index (χ0) is 17.6. The Labute approximate surface area is 152 Å². The monoisotopic (exact) mass is 385 g/mol. The SMILES string of the molecule is CN(C)S(=O)(=O)c1cccc(CSCCOc2cccc(Cl)c2)c1. The summed E-state index contributed by atoms with van der Waals surface area (Å²) < 4.78 is 31.1. The Morgan fingerprint density at radius 1 is 1.12 bits per heavy atom. The third-order valence-electron chi connectivity index (χ3n) is 3.24. The average molecular weight is 386 g/mol. The minimum atomic E-state index is -3.39. The first-order valence-electron chi connectivity index (χ1n) is 7.37. The molecule has 0 amide bonds. The van der Waals surface area contributed by atoms with Gasteiger partial charge in [0.1, 0.15) is 5.75 Å². The third kappa shape index (κ3) is 5.41. The van der Waals surface area contributed by atoms with Gasteiger partial charge in [0.25, 0.3) is 0 Å². The molecule has 0 aliphatic heterocycles. The Balaban J connectivity index is 1.83. The predicted octanol–water partition coefficient (Wildman–Crippen LogP) is 3.90. The fraction of sp³-hybridized carbons (Fsp3) is 0.294. The van der Waals surface area contributed by atoms with E-state index >= 15 is 0 Å². The van der Waals surface area contributed by atoms with Gasteiger partial charge in [-0.25, -0.2) is 12.7 Å². The summed E-state index contributed by atoms with van der Waals surface area (Å²) in [5, 5.41) is 0.652. The molecular weight excluding hydrogens is 366 g/mol. The molecule has 0 N–H and O–H groups in total. The molecule has 0 saturated heterocycles. The van der Waals surface area contributed by atoms with Gasteiger partial charge in [0.2, 0.25) is 10.0 Å². The van der Waals surface area contributed by atoms with Crippen molar-refractivity contribution in [1.29, 1.82) is 0 Å². The van der Waals surface area contributed by atoms with E-state index in [1.165, 1.54) is 18.4 Å². The van der Waals surface area contributed by atoms with Crippen LogP contribution in [0.25, 0.3) is 0 Å². The molecule has 0 aromatic heterocycles. The maximum absolute atomic E-state index is 12.1. The highest BCUT2D eigenvalue weighted by Crippen LogP contribution is 2.20. The van der Waals surface area contributed by atoms with Gasteiger partial charge in [-0.2, -0.15) is 11.8 Å². The Bertz CT molecular complexity index is 779. The molecule has 2 rings (SSSR count). The molecule has 24 heavy (non-hydrogen) atoms. The van der Waals surface area contributed by atoms with Crippen molar-refractivity contribution in [2.45, 2.75) is 10.6 Å². The van der Waals surface area contributed by atoms with Crippen LogP contribution >= 0.6 is 23.4 Å². The zero-order valence-electron chi connectivity index (χ0n) is 13.6. The van der Waals surface area contributed by atoms with Crippen LogP contribution in [0.2, 0.25) is 5.02 Å². The van der Waals surface area contributed by atoms with Crippen LogP contribution in [-0.4, -0.2) is 39.2 Å². The first-order chi connectivity index (χ1) is 11.4. The molecule has 130 valence electrons. The van der Waals surface area contributed by atoms with Gasteiger partial charge in [0.05, 0.1) is 11.5 Å². The van der Waals surface area contributed by atoms with Crippen molar-refractivity contribution in [2.24, 2.45) is 0 Å². The van der Waals surface area contributed by atoms with Crippen molar-refractivity contribution < 1.29 is 13.2 Å². The van der Waals surface area contributed by atoms with Crippen LogP contribution in [-0.2, 0) is 15.8 Å². The molecule has 0 radical (unpaired) electrons. The molecular formula is C17H20ClNO3S2. The van der Waals surface area contributed by atoms with Crippen LogP contribution < -0.4 is 4.74 Å². The number of ether oxygens (including phenoxy) is 1. The summed E-state index contributed by atoms with van der Waals surface area (Å²) in [6, 6.07) is 14.3. The Kier molecular flexibility index (Phi) is 6.98. The predicted molar refractivity (Wildman–Crippen MR) is 100 cm³/mol. The second-order valence-corrected chi connectivity index (χ2v) is 8.99. The number of hydrogen-bond donors (Lipinski definition) is 0. The van der Waals surface area contributed by atoms with Crippen molar-refractivity contribution in [1.82, 2.24) is 4.31 Å². The summed E-state index contributed by atoms with van der Waals surface area (Å²) in [5.41, 5.74) is 0.977. The van der Waals surface area contributed by atoms with Crippen LogP contribution in [0.4, 0.5) is 0 Å². The second-order valence-electron chi connectivity index (χ2n) is 5.29. The van der Waals surface area contributed by atoms with E-state index in [0.29, 0.717) is 16.5 Å². The van der Waals surface area contributed by atoms with Crippen LogP contribution in [0.15, 0.2) is 53.4 Å². The molecule has 0 fully saturated rings. The molecule has 0 bridgehead atoms. The van der Waals surface area contributed by atoms with E-state index in [2.05, 4.69) is 0 Å². The molecule has 0 aliphatic carbocycles. The van der Waals surface area contributed by atoms with Crippen LogP contribution in [0, 0.1) is 0 Å². The van der Waals surface area contributed by atoms with E-state index in [-0.39, 0.29) is 0 Å². The molecule has 0 atom stereocenters. The summed E-state index contributed by atoms with van der Waals surface area (Å²) >= 11 is 7.59. The first kappa shape index (κ1) is 19.1. The zero-order valence-corrected chi connectivity index (χ0v) is 16.0. The first-order valence-corrected chi connectivity index (χ1v) is 10.3. The molecule has 2 aromatic rings. The van der Waals surface area contributed by atoms with Crippen molar-refractivity contribution in [3.05, 3.63) is 59.1 Å². The standard InChI is InChI=1S/C17H20ClNO3S2/c1-19(2)24(20,21)17-8-3-5-14(11-17)13-23-10-9-22-16-7-4-6-15(18)12-16/h3-8,11-12H,9-10,13H2,1-2H3. The molecule has 0 aliphatic rings. The van der Waals surface area contributed by atoms with Crippen molar-refractivity contribution in [3.63, 3.8) is 0 Å². The van der Waals surface area contributed by atoms with Crippen molar-refractivity contribution >= 4 is 33.4 Å². The quantitative estimate of drug-likeness (QED) is 0.646. The molecule has 0 saturated carbocycles. The number of rotatable bonds is 8. The topological polar surface area (TPSA) is 46.6 Å². The lowest BCUT2D eigenvalue weighted by atomic mass is 10.2. The molecule has 0 heterocycles. The largest absolute Gasteiger partial charge is 0.493 e. The molecule has 0 spiro atoms. The van der Waals surface area contributed by atoms with Gasteiger partial charge < -0.3 is 4.74 Å². The van der Waals surface area contributed by atoms with Gasteiger partial charge in [0.15, 0.2) is 0 Å². The van der Waals surface area contributed by atoms with E-state index in [9.17, 15) is 8.42 Å². The summed E-state index contributed by atoms with van der Waals surface area (Å²) in [7, 11) is -0.325. The molecule has 2 aromatic carbocycles. The van der Waals surface area contributed by atoms with Crippen LogP contribution in [0.1, 0.15) is 5.56 Å². The molecule has 7 heteroatoms. The Morgan fingerprint density at radius 3 is 2.58 bits per heavy atom. The van der Waals surface area contributed by atoms with E-state index in [4.69, 9.17) is 16.3 Å². The summed E-state index contributed by atoms with van der Waals surface area (Å²) in [6.45, 7) is 0.570. The van der Waals surface area contributed by atoms with E-state index in [1.54, 1.807) is 42.1 Å². The van der Waals surface area contributed by atoms with Gasteiger partial charge >= 0.3 is 0 Å². The fourth-order valence-corrected chi connectivity index (χ4v) is 3.89. The molecule has 0 unspecified atom stereocenters. The third-order valence-corrected chi connectivity index (χ3v) is 6.28. The number of nitrogens with zero attached hydrogens (tertiary/aromatic N) is 1. The summed E-state index contributed by atoms with van der Waals surface area (Å²) in [4.78, 5) is 0.320. The highest BCUT2D eigenvalue weighted by atomic mass is 35.5. The number of hydrogen-bond acceptors (Lipinski definition) is 4. The van der Waals surface area contributed by atoms with Crippen molar-refractivity contribution in [2.75, 3.05) is 26.5 Å². The number of thioether (sulfide) groups is 1. The molecule has 4 nitrogen and oxygen atoms in total. The van der Waals surface area contributed by atoms with Gasteiger partial charge in [0, 0.05) is 30.6 Å². The minimum absolute atomic E-state index is 0.320. The lowest BCUT2D eigenvalue weighted by Gasteiger charge is -2.12. The van der Waals surface area contributed by atoms with Gasteiger partial charge in [-0.05, 0) is 35.9 Å². The number of halogens is 1. The maximum atomic E-state index is 12.1. The lowest BCUT2D eigenvalue weighted by Crippen LogP contribution is -2.22. The normalized spacial score (nSPS) is 11.7. The van der Waals surface area contributed by atoms with Crippen LogP contribution in [0.3, 0.4) is 0 Å². The van der Waals surface area contributed by atoms with E-state index in [1.807, 2.05) is 18.2 Å². The Hall–Kier alpha value is -1.21. The maximum Gasteiger partial charge on any atom is 0.242 e. The number of benzene rings is 2. The minimum Gasteiger partial charge on any atom is -0.493 e. The highest BCUT2D eigenvalue weighted by molar-refractivity contribution is 7.98. The van der Waals surface area contributed by atoms with Gasteiger partial charge in [-0.1, -0.05) is 29.8 Å². The smallest absolute Gasteiger partial charge is 0.242 e.